The molecule has 136 valence electrons. The maximum atomic E-state index is 12.8. The van der Waals surface area contributed by atoms with Crippen LogP contribution in [0, 0.1) is 5.92 Å². The summed E-state index contributed by atoms with van der Waals surface area (Å²) in [6.07, 6.45) is -2.50. The Labute approximate surface area is 150 Å². The predicted molar refractivity (Wildman–Crippen MR) is 93.3 cm³/mol. The minimum absolute atomic E-state index is 0.0393. The zero-order chi connectivity index (χ0) is 18.5. The van der Waals surface area contributed by atoms with E-state index in [1.807, 2.05) is 30.3 Å². The van der Waals surface area contributed by atoms with E-state index in [0.717, 1.165) is 47.6 Å². The Morgan fingerprint density at radius 3 is 2.50 bits per heavy atom. The van der Waals surface area contributed by atoms with Gasteiger partial charge in [-0.3, -0.25) is 5.01 Å². The first kappa shape index (κ1) is 16.9. The second kappa shape index (κ2) is 6.04. The molecule has 4 rings (SSSR count). The Balaban J connectivity index is 1.66. The predicted octanol–water partition coefficient (Wildman–Crippen LogP) is 4.67. The molecule has 0 aromatic heterocycles. The summed E-state index contributed by atoms with van der Waals surface area (Å²) >= 11 is 0. The van der Waals surface area contributed by atoms with Gasteiger partial charge >= 0.3 is 6.18 Å². The molecule has 1 aliphatic carbocycles. The lowest BCUT2D eigenvalue weighted by atomic mass is 9.77. The summed E-state index contributed by atoms with van der Waals surface area (Å²) in [7, 11) is 3.53. The van der Waals surface area contributed by atoms with Crippen LogP contribution in [-0.2, 0) is 12.6 Å². The van der Waals surface area contributed by atoms with E-state index in [-0.39, 0.29) is 12.0 Å². The number of ether oxygens (including phenoxy) is 1. The molecule has 0 saturated heterocycles. The molecular formula is C20H19F3N2O. The lowest BCUT2D eigenvalue weighted by molar-refractivity contribution is -0.137. The maximum Gasteiger partial charge on any atom is 0.416 e. The largest absolute Gasteiger partial charge is 0.497 e. The number of methoxy groups -OCH3 is 1. The quantitative estimate of drug-likeness (QED) is 0.778. The molecule has 0 fully saturated rings. The van der Waals surface area contributed by atoms with Crippen molar-refractivity contribution in [2.45, 2.75) is 25.1 Å². The molecule has 0 radical (unpaired) electrons. The molecule has 0 bridgehead atoms. The molecule has 2 aromatic carbocycles. The monoisotopic (exact) mass is 360 g/mol. The van der Waals surface area contributed by atoms with Crippen molar-refractivity contribution >= 4 is 5.71 Å². The normalized spacial score (nSPS) is 21.9. The van der Waals surface area contributed by atoms with Crippen LogP contribution in [0.3, 0.4) is 0 Å². The van der Waals surface area contributed by atoms with Crippen LogP contribution in [0.25, 0.3) is 0 Å². The number of fused-ring (bicyclic) bond motifs is 3. The van der Waals surface area contributed by atoms with E-state index in [1.54, 1.807) is 19.2 Å². The molecule has 3 nitrogen and oxygen atoms in total. The van der Waals surface area contributed by atoms with Crippen molar-refractivity contribution in [3.63, 3.8) is 0 Å². The molecule has 0 N–H and O–H groups in total. The standard InChI is InChI=1S/C20H19F3N2O/c1-25-19(12-3-6-14(7-4-12)20(21,22)23)17-9-5-13-11-15(26-2)8-10-16(13)18(17)24-25/h3-4,6-8,10-11,17,19H,5,9H2,1-2H3/t17-,19-/m0/s1. The minimum Gasteiger partial charge on any atom is -0.497 e. The molecule has 2 aliphatic rings. The highest BCUT2D eigenvalue weighted by Gasteiger charge is 2.40. The third-order valence-corrected chi connectivity index (χ3v) is 5.29. The van der Waals surface area contributed by atoms with Gasteiger partial charge in [-0.2, -0.15) is 18.3 Å². The summed E-state index contributed by atoms with van der Waals surface area (Å²) in [6, 6.07) is 11.4. The van der Waals surface area contributed by atoms with E-state index in [9.17, 15) is 13.2 Å². The first-order chi connectivity index (χ1) is 12.4. The molecule has 1 heterocycles. The third kappa shape index (κ3) is 2.73. The molecule has 26 heavy (non-hydrogen) atoms. The van der Waals surface area contributed by atoms with Crippen LogP contribution in [-0.4, -0.2) is 24.9 Å². The number of halogens is 3. The van der Waals surface area contributed by atoms with Gasteiger partial charge in [0, 0.05) is 18.5 Å². The van der Waals surface area contributed by atoms with Crippen molar-refractivity contribution < 1.29 is 17.9 Å². The molecule has 0 saturated carbocycles. The molecule has 0 spiro atoms. The number of alkyl halides is 3. The lowest BCUT2D eigenvalue weighted by Crippen LogP contribution is -2.27. The smallest absolute Gasteiger partial charge is 0.416 e. The van der Waals surface area contributed by atoms with Crippen molar-refractivity contribution in [3.05, 3.63) is 64.7 Å². The molecule has 0 unspecified atom stereocenters. The van der Waals surface area contributed by atoms with Gasteiger partial charge in [0.25, 0.3) is 0 Å². The van der Waals surface area contributed by atoms with Gasteiger partial charge in [0.05, 0.1) is 24.4 Å². The Morgan fingerprint density at radius 2 is 1.85 bits per heavy atom. The number of hydrazone groups is 1. The highest BCUT2D eigenvalue weighted by atomic mass is 19.4. The van der Waals surface area contributed by atoms with Gasteiger partial charge in [0.2, 0.25) is 0 Å². The van der Waals surface area contributed by atoms with Crippen LogP contribution < -0.4 is 4.74 Å². The van der Waals surface area contributed by atoms with Crippen molar-refractivity contribution in [1.29, 1.82) is 0 Å². The van der Waals surface area contributed by atoms with Crippen molar-refractivity contribution in [2.24, 2.45) is 11.0 Å². The van der Waals surface area contributed by atoms with Gasteiger partial charge < -0.3 is 4.74 Å². The number of rotatable bonds is 2. The Morgan fingerprint density at radius 1 is 1.12 bits per heavy atom. The second-order valence-electron chi connectivity index (χ2n) is 6.79. The Bertz CT molecular complexity index is 858. The third-order valence-electron chi connectivity index (χ3n) is 5.29. The van der Waals surface area contributed by atoms with Gasteiger partial charge in [-0.05, 0) is 54.3 Å². The van der Waals surface area contributed by atoms with Crippen molar-refractivity contribution in [2.75, 3.05) is 14.2 Å². The fourth-order valence-electron chi connectivity index (χ4n) is 4.05. The lowest BCUT2D eigenvalue weighted by Gasteiger charge is -2.29. The Hall–Kier alpha value is -2.50. The Kier molecular flexibility index (Phi) is 3.93. The summed E-state index contributed by atoms with van der Waals surface area (Å²) in [5.74, 6) is 1.01. The van der Waals surface area contributed by atoms with E-state index >= 15 is 0 Å². The van der Waals surface area contributed by atoms with Crippen LogP contribution >= 0.6 is 0 Å². The molecule has 2 aromatic rings. The van der Waals surface area contributed by atoms with E-state index in [1.165, 1.54) is 5.56 Å². The molecule has 2 atom stereocenters. The second-order valence-corrected chi connectivity index (χ2v) is 6.79. The molecule has 1 aliphatic heterocycles. The minimum atomic E-state index is -4.31. The summed E-state index contributed by atoms with van der Waals surface area (Å²) in [5, 5.41) is 6.60. The van der Waals surface area contributed by atoms with Crippen molar-refractivity contribution in [1.82, 2.24) is 5.01 Å². The van der Waals surface area contributed by atoms with Crippen LogP contribution in [0.5, 0.6) is 5.75 Å². The van der Waals surface area contributed by atoms with Crippen LogP contribution in [0.2, 0.25) is 0 Å². The number of hydrogen-bond acceptors (Lipinski definition) is 3. The fraction of sp³-hybridized carbons (Fsp3) is 0.350. The van der Waals surface area contributed by atoms with Crippen LogP contribution in [0.1, 0.15) is 34.7 Å². The van der Waals surface area contributed by atoms with Gasteiger partial charge in [-0.15, -0.1) is 0 Å². The van der Waals surface area contributed by atoms with Gasteiger partial charge in [0.1, 0.15) is 5.75 Å². The van der Waals surface area contributed by atoms with Gasteiger partial charge in [-0.1, -0.05) is 12.1 Å². The van der Waals surface area contributed by atoms with Crippen molar-refractivity contribution in [3.8, 4) is 5.75 Å². The summed E-state index contributed by atoms with van der Waals surface area (Å²) in [5.41, 5.74) is 3.58. The van der Waals surface area contributed by atoms with Gasteiger partial charge in [0.15, 0.2) is 0 Å². The van der Waals surface area contributed by atoms with E-state index < -0.39 is 11.7 Å². The zero-order valence-electron chi connectivity index (χ0n) is 14.5. The molecule has 6 heteroatoms. The van der Waals surface area contributed by atoms with Crippen LogP contribution in [0.4, 0.5) is 13.2 Å². The number of nitrogens with zero attached hydrogens (tertiary/aromatic N) is 2. The summed E-state index contributed by atoms with van der Waals surface area (Å²) in [4.78, 5) is 0. The maximum absolute atomic E-state index is 12.8. The van der Waals surface area contributed by atoms with Gasteiger partial charge in [-0.25, -0.2) is 0 Å². The number of benzene rings is 2. The average molecular weight is 360 g/mol. The van der Waals surface area contributed by atoms with E-state index in [2.05, 4.69) is 0 Å². The summed E-state index contributed by atoms with van der Waals surface area (Å²) in [6.45, 7) is 0. The first-order valence-corrected chi connectivity index (χ1v) is 8.54. The topological polar surface area (TPSA) is 24.8 Å². The SMILES string of the molecule is COc1ccc2c(c1)CC[C@H]1C2=NN(C)[C@H]1c1ccc(C(F)(F)F)cc1. The highest BCUT2D eigenvalue weighted by molar-refractivity contribution is 6.05. The molecule has 0 amide bonds. The zero-order valence-corrected chi connectivity index (χ0v) is 14.5. The average Bonchev–Trinajstić information content (AvgIpc) is 2.96. The number of hydrogen-bond donors (Lipinski definition) is 0. The first-order valence-electron chi connectivity index (χ1n) is 8.54. The molecular weight excluding hydrogens is 341 g/mol. The van der Waals surface area contributed by atoms with E-state index in [4.69, 9.17) is 9.84 Å². The van der Waals surface area contributed by atoms with Crippen LogP contribution in [0.15, 0.2) is 47.6 Å². The highest BCUT2D eigenvalue weighted by Crippen LogP contribution is 2.43. The number of aryl methyl sites for hydroxylation is 1. The van der Waals surface area contributed by atoms with E-state index in [0.29, 0.717) is 0 Å². The summed E-state index contributed by atoms with van der Waals surface area (Å²) < 4.78 is 43.8. The fourth-order valence-corrected chi connectivity index (χ4v) is 4.05.